The van der Waals surface area contributed by atoms with Crippen molar-refractivity contribution in [2.24, 2.45) is 22.9 Å². The van der Waals surface area contributed by atoms with Crippen molar-refractivity contribution >= 4 is 11.8 Å². The first kappa shape index (κ1) is 24.3. The van der Waals surface area contributed by atoms with Gasteiger partial charge in [0.15, 0.2) is 0 Å². The van der Waals surface area contributed by atoms with E-state index in [1.165, 1.54) is 6.07 Å². The molecular weight excluding hydrogens is 452 g/mol. The van der Waals surface area contributed by atoms with Crippen molar-refractivity contribution in [1.82, 2.24) is 9.88 Å². The van der Waals surface area contributed by atoms with Crippen LogP contribution >= 0.6 is 0 Å². The number of hydrogen-bond acceptors (Lipinski definition) is 7. The number of carbonyl (C=O) groups is 1. The van der Waals surface area contributed by atoms with Crippen molar-refractivity contribution in [3.8, 4) is 5.88 Å². The maximum Gasteiger partial charge on any atom is 0.410 e. The Hall–Kier alpha value is -3.85. The topological polar surface area (TPSA) is 144 Å². The third-order valence-corrected chi connectivity index (χ3v) is 6.74. The SMILES string of the molecule is [N-]=[N+]=NCc1cc([N+](=O)[O-])cnc1OCC[C@@H]1C[C@@H]1C1CCN(C(=O)OCc2ccccc2)CC1. The first-order valence-corrected chi connectivity index (χ1v) is 11.8. The zero-order valence-electron chi connectivity index (χ0n) is 19.4. The Morgan fingerprint density at radius 2 is 2.06 bits per heavy atom. The average Bonchev–Trinajstić information content (AvgIpc) is 3.66. The molecule has 184 valence electrons. The van der Waals surface area contributed by atoms with E-state index in [0.717, 1.165) is 37.4 Å². The number of pyridine rings is 1. The van der Waals surface area contributed by atoms with Crippen molar-refractivity contribution in [2.75, 3.05) is 19.7 Å². The molecule has 0 bridgehead atoms. The highest BCUT2D eigenvalue weighted by Crippen LogP contribution is 2.49. The molecule has 0 N–H and O–H groups in total. The van der Waals surface area contributed by atoms with Gasteiger partial charge in [0, 0.05) is 29.6 Å². The summed E-state index contributed by atoms with van der Waals surface area (Å²) in [4.78, 5) is 31.4. The molecule has 11 nitrogen and oxygen atoms in total. The molecule has 1 saturated carbocycles. The molecule has 1 amide bonds. The second-order valence-electron chi connectivity index (χ2n) is 8.97. The van der Waals surface area contributed by atoms with Crippen LogP contribution in [0, 0.1) is 27.9 Å². The van der Waals surface area contributed by atoms with E-state index in [4.69, 9.17) is 15.0 Å². The monoisotopic (exact) mass is 480 g/mol. The van der Waals surface area contributed by atoms with Gasteiger partial charge in [-0.2, -0.15) is 0 Å². The molecule has 2 heterocycles. The molecule has 2 fully saturated rings. The number of nitrogens with zero attached hydrogens (tertiary/aromatic N) is 6. The van der Waals surface area contributed by atoms with Gasteiger partial charge in [-0.05, 0) is 54.5 Å². The van der Waals surface area contributed by atoms with Crippen LogP contribution in [0.4, 0.5) is 10.5 Å². The van der Waals surface area contributed by atoms with Gasteiger partial charge in [0.05, 0.1) is 18.1 Å². The number of amides is 1. The van der Waals surface area contributed by atoms with E-state index in [2.05, 4.69) is 15.0 Å². The first-order valence-electron chi connectivity index (χ1n) is 11.8. The molecule has 1 aliphatic heterocycles. The number of benzene rings is 1. The van der Waals surface area contributed by atoms with Crippen LogP contribution in [-0.4, -0.2) is 40.6 Å². The Morgan fingerprint density at radius 3 is 2.77 bits per heavy atom. The van der Waals surface area contributed by atoms with Gasteiger partial charge in [0.2, 0.25) is 5.88 Å². The molecule has 0 radical (unpaired) electrons. The molecule has 1 aromatic heterocycles. The van der Waals surface area contributed by atoms with Crippen molar-refractivity contribution in [3.05, 3.63) is 74.3 Å². The molecule has 2 aliphatic rings. The van der Waals surface area contributed by atoms with E-state index in [1.807, 2.05) is 30.3 Å². The highest BCUT2D eigenvalue weighted by Gasteiger charge is 2.43. The van der Waals surface area contributed by atoms with Gasteiger partial charge in [0.25, 0.3) is 5.69 Å². The van der Waals surface area contributed by atoms with Gasteiger partial charge < -0.3 is 14.4 Å². The van der Waals surface area contributed by atoms with Crippen molar-refractivity contribution < 1.29 is 19.2 Å². The minimum Gasteiger partial charge on any atom is -0.477 e. The summed E-state index contributed by atoms with van der Waals surface area (Å²) in [5, 5.41) is 14.5. The number of carbonyl (C=O) groups excluding carboxylic acids is 1. The summed E-state index contributed by atoms with van der Waals surface area (Å²) in [7, 11) is 0. The Balaban J connectivity index is 1.18. The molecule has 2 atom stereocenters. The number of ether oxygens (including phenoxy) is 2. The van der Waals surface area contributed by atoms with Crippen LogP contribution in [0.3, 0.4) is 0 Å². The Bertz CT molecular complexity index is 1080. The van der Waals surface area contributed by atoms with E-state index in [0.29, 0.717) is 49.6 Å². The van der Waals surface area contributed by atoms with Gasteiger partial charge in [-0.1, -0.05) is 35.4 Å². The van der Waals surface area contributed by atoms with Crippen LogP contribution in [0.5, 0.6) is 5.88 Å². The maximum atomic E-state index is 12.4. The van der Waals surface area contributed by atoms with E-state index in [9.17, 15) is 14.9 Å². The molecule has 0 unspecified atom stereocenters. The fraction of sp³-hybridized carbons (Fsp3) is 0.500. The summed E-state index contributed by atoms with van der Waals surface area (Å²) in [6, 6.07) is 11.0. The molecular formula is C24H28N6O5. The van der Waals surface area contributed by atoms with Crippen LogP contribution in [-0.2, 0) is 17.9 Å². The molecule has 4 rings (SSSR count). The number of hydrogen-bond donors (Lipinski definition) is 0. The number of azide groups is 1. The predicted octanol–water partition coefficient (Wildman–Crippen LogP) is 5.25. The van der Waals surface area contributed by atoms with Crippen LogP contribution < -0.4 is 4.74 Å². The summed E-state index contributed by atoms with van der Waals surface area (Å²) in [5.74, 6) is 2.06. The van der Waals surface area contributed by atoms with E-state index >= 15 is 0 Å². The second kappa shape index (κ2) is 11.5. The van der Waals surface area contributed by atoms with Gasteiger partial charge >= 0.3 is 6.09 Å². The van der Waals surface area contributed by atoms with Gasteiger partial charge in [0.1, 0.15) is 12.8 Å². The van der Waals surface area contributed by atoms with E-state index < -0.39 is 4.92 Å². The molecule has 1 aromatic carbocycles. The van der Waals surface area contributed by atoms with Gasteiger partial charge in [-0.3, -0.25) is 10.1 Å². The number of aromatic nitrogens is 1. The Morgan fingerprint density at radius 1 is 1.29 bits per heavy atom. The van der Waals surface area contributed by atoms with Gasteiger partial charge in [-0.25, -0.2) is 9.78 Å². The fourth-order valence-electron chi connectivity index (χ4n) is 4.74. The normalized spacial score (nSPS) is 19.5. The van der Waals surface area contributed by atoms with Crippen molar-refractivity contribution in [2.45, 2.75) is 38.8 Å². The van der Waals surface area contributed by atoms with E-state index in [1.54, 1.807) is 4.90 Å². The summed E-state index contributed by atoms with van der Waals surface area (Å²) < 4.78 is 11.2. The third kappa shape index (κ3) is 6.60. The lowest BCUT2D eigenvalue weighted by Gasteiger charge is -2.31. The lowest BCUT2D eigenvalue weighted by molar-refractivity contribution is -0.385. The number of rotatable bonds is 10. The summed E-state index contributed by atoms with van der Waals surface area (Å²) in [5.41, 5.74) is 9.77. The molecule has 1 saturated heterocycles. The van der Waals surface area contributed by atoms with Crippen LogP contribution in [0.2, 0.25) is 0 Å². The van der Waals surface area contributed by atoms with Crippen LogP contribution in [0.25, 0.3) is 10.4 Å². The highest BCUT2D eigenvalue weighted by atomic mass is 16.6. The largest absolute Gasteiger partial charge is 0.477 e. The molecule has 35 heavy (non-hydrogen) atoms. The van der Waals surface area contributed by atoms with Gasteiger partial charge in [-0.15, -0.1) is 0 Å². The number of piperidine rings is 1. The lowest BCUT2D eigenvalue weighted by atomic mass is 9.91. The molecule has 1 aliphatic carbocycles. The quantitative estimate of drug-likeness (QED) is 0.149. The van der Waals surface area contributed by atoms with E-state index in [-0.39, 0.29) is 24.2 Å². The standard InChI is InChI=1S/C24H28N6O5/c25-28-27-14-20-12-21(30(32)33)15-26-23(20)34-11-8-19-13-22(19)18-6-9-29(10-7-18)24(31)35-16-17-4-2-1-3-5-17/h1-5,12,15,18-19,22H,6-11,13-14,16H2/t19-,22-/m1/s1. The first-order chi connectivity index (χ1) is 17.0. The van der Waals surface area contributed by atoms with Crippen LogP contribution in [0.1, 0.15) is 36.8 Å². The Kier molecular flexibility index (Phi) is 7.99. The van der Waals surface area contributed by atoms with Crippen molar-refractivity contribution in [3.63, 3.8) is 0 Å². The van der Waals surface area contributed by atoms with Crippen molar-refractivity contribution in [1.29, 1.82) is 0 Å². The fourth-order valence-corrected chi connectivity index (χ4v) is 4.74. The minimum atomic E-state index is -0.542. The summed E-state index contributed by atoms with van der Waals surface area (Å²) >= 11 is 0. The maximum absolute atomic E-state index is 12.4. The van der Waals surface area contributed by atoms with Crippen LogP contribution in [0.15, 0.2) is 47.7 Å². The average molecular weight is 481 g/mol. The predicted molar refractivity (Wildman–Crippen MR) is 126 cm³/mol. The third-order valence-electron chi connectivity index (χ3n) is 6.74. The smallest absolute Gasteiger partial charge is 0.410 e. The zero-order valence-corrected chi connectivity index (χ0v) is 19.4. The lowest BCUT2D eigenvalue weighted by Crippen LogP contribution is -2.39. The zero-order chi connectivity index (χ0) is 24.6. The number of nitro groups is 1. The summed E-state index contributed by atoms with van der Waals surface area (Å²) in [6.07, 6.45) is 4.86. The molecule has 11 heteroatoms. The summed E-state index contributed by atoms with van der Waals surface area (Å²) in [6.45, 7) is 2.11. The Labute approximate surface area is 202 Å². The molecule has 0 spiro atoms. The minimum absolute atomic E-state index is 0.0566. The number of likely N-dealkylation sites (tertiary alicyclic amines) is 1. The highest BCUT2D eigenvalue weighted by molar-refractivity contribution is 5.67. The second-order valence-corrected chi connectivity index (χ2v) is 8.97. The molecule has 2 aromatic rings.